The molecule has 2 aromatic carbocycles. The van der Waals surface area contributed by atoms with Gasteiger partial charge in [-0.3, -0.25) is 4.99 Å². The van der Waals surface area contributed by atoms with E-state index in [1.807, 2.05) is 0 Å². The van der Waals surface area contributed by atoms with Gasteiger partial charge in [-0.05, 0) is 55.4 Å². The van der Waals surface area contributed by atoms with Crippen molar-refractivity contribution in [1.29, 1.82) is 0 Å². The average Bonchev–Trinajstić information content (AvgIpc) is 3.22. The van der Waals surface area contributed by atoms with Crippen molar-refractivity contribution in [2.75, 3.05) is 33.0 Å². The first-order valence-corrected chi connectivity index (χ1v) is 10.8. The Hall–Kier alpha value is -1.87. The van der Waals surface area contributed by atoms with Gasteiger partial charge in [0.15, 0.2) is 12.8 Å². The predicted molar refractivity (Wildman–Crippen MR) is 132 cm³/mol. The monoisotopic (exact) mass is 539 g/mol. The number of fused-ring (bicyclic) bond motifs is 1. The fourth-order valence-corrected chi connectivity index (χ4v) is 4.29. The van der Waals surface area contributed by atoms with Crippen LogP contribution in [0.1, 0.15) is 30.0 Å². The summed E-state index contributed by atoms with van der Waals surface area (Å²) in [7, 11) is 0. The van der Waals surface area contributed by atoms with Crippen LogP contribution in [-0.2, 0) is 24.2 Å². The molecule has 2 heterocycles. The number of halogens is 2. The summed E-state index contributed by atoms with van der Waals surface area (Å²) in [4.78, 5) is 7.18. The number of rotatable bonds is 6. The number of ether oxygens (including phenoxy) is 2. The largest absolute Gasteiger partial charge is 0.467 e. The van der Waals surface area contributed by atoms with Crippen molar-refractivity contribution in [3.8, 4) is 5.75 Å². The summed E-state index contributed by atoms with van der Waals surface area (Å²) in [5.74, 6) is 2.09. The van der Waals surface area contributed by atoms with Gasteiger partial charge in [0.2, 0.25) is 0 Å². The van der Waals surface area contributed by atoms with E-state index in [0.717, 1.165) is 48.9 Å². The molecule has 1 atom stereocenters. The zero-order valence-corrected chi connectivity index (χ0v) is 20.3. The van der Waals surface area contributed by atoms with Gasteiger partial charge in [0.05, 0.1) is 6.61 Å². The molecule has 2 aliphatic heterocycles. The van der Waals surface area contributed by atoms with Crippen LogP contribution in [0.5, 0.6) is 5.75 Å². The number of nitrogens with zero attached hydrogens (tertiary/aromatic N) is 2. The summed E-state index contributed by atoms with van der Waals surface area (Å²) in [6.07, 6.45) is 2.91. The van der Waals surface area contributed by atoms with Crippen LogP contribution in [0.15, 0.2) is 47.5 Å². The van der Waals surface area contributed by atoms with E-state index in [4.69, 9.17) is 14.5 Å². The van der Waals surface area contributed by atoms with Crippen molar-refractivity contribution in [2.24, 2.45) is 10.9 Å². The van der Waals surface area contributed by atoms with Gasteiger partial charge in [0, 0.05) is 31.7 Å². The fourth-order valence-electron chi connectivity index (χ4n) is 4.29. The molecule has 1 unspecified atom stereocenters. The summed E-state index contributed by atoms with van der Waals surface area (Å²) in [6, 6.07) is 13.7. The van der Waals surface area contributed by atoms with Crippen molar-refractivity contribution >= 4 is 29.9 Å². The number of aliphatic imine (C=N–C) groups is 1. The Morgan fingerprint density at radius 3 is 2.90 bits per heavy atom. The number of hydrogen-bond donors (Lipinski definition) is 1. The normalized spacial score (nSPS) is 18.2. The average molecular weight is 539 g/mol. The molecule has 168 valence electrons. The number of benzene rings is 2. The summed E-state index contributed by atoms with van der Waals surface area (Å²) < 4.78 is 24.9. The highest BCUT2D eigenvalue weighted by atomic mass is 127. The van der Waals surface area contributed by atoms with Gasteiger partial charge in [-0.15, -0.1) is 24.0 Å². The Labute approximate surface area is 201 Å². The molecular weight excluding hydrogens is 508 g/mol. The third-order valence-corrected chi connectivity index (χ3v) is 5.68. The van der Waals surface area contributed by atoms with Gasteiger partial charge < -0.3 is 19.7 Å². The molecular formula is C24H31FIN3O2. The summed E-state index contributed by atoms with van der Waals surface area (Å²) in [5, 5.41) is 3.42. The molecule has 4 rings (SSSR count). The van der Waals surface area contributed by atoms with E-state index in [2.05, 4.69) is 47.5 Å². The van der Waals surface area contributed by atoms with Crippen molar-refractivity contribution < 1.29 is 13.9 Å². The van der Waals surface area contributed by atoms with Crippen LogP contribution in [0.25, 0.3) is 0 Å². The number of hydrogen-bond acceptors (Lipinski definition) is 3. The van der Waals surface area contributed by atoms with Crippen molar-refractivity contribution in [1.82, 2.24) is 10.2 Å². The second-order valence-electron chi connectivity index (χ2n) is 7.94. The first kappa shape index (κ1) is 23.8. The molecule has 0 amide bonds. The molecule has 2 aromatic rings. The molecule has 1 fully saturated rings. The van der Waals surface area contributed by atoms with Crippen molar-refractivity contribution in [2.45, 2.75) is 32.8 Å². The standard InChI is InChI=1S/C24H30FN3O2.HI/c1-2-26-24(28-11-9-19(15-28)12-18-6-4-3-5-7-18)27-10-8-20-13-22(25)14-21-16-29-17-30-23(20)21;/h3-7,13-14,19H,2,8-12,15-17H2,1H3,(H,26,27);1H. The Morgan fingerprint density at radius 1 is 1.26 bits per heavy atom. The molecule has 1 N–H and O–H groups in total. The zero-order chi connectivity index (χ0) is 20.8. The lowest BCUT2D eigenvalue weighted by Gasteiger charge is -2.22. The summed E-state index contributed by atoms with van der Waals surface area (Å²) >= 11 is 0. The first-order valence-electron chi connectivity index (χ1n) is 10.8. The van der Waals surface area contributed by atoms with E-state index < -0.39 is 0 Å². The molecule has 2 aliphatic rings. The minimum atomic E-state index is -0.253. The number of likely N-dealkylation sites (tertiary alicyclic amines) is 1. The highest BCUT2D eigenvalue weighted by molar-refractivity contribution is 14.0. The van der Waals surface area contributed by atoms with Crippen LogP contribution in [0.3, 0.4) is 0 Å². The molecule has 1 saturated heterocycles. The number of nitrogens with one attached hydrogen (secondary N) is 1. The fraction of sp³-hybridized carbons (Fsp3) is 0.458. The van der Waals surface area contributed by atoms with Crippen LogP contribution in [-0.4, -0.2) is 43.8 Å². The van der Waals surface area contributed by atoms with Gasteiger partial charge in [0.25, 0.3) is 0 Å². The quantitative estimate of drug-likeness (QED) is 0.336. The highest BCUT2D eigenvalue weighted by Gasteiger charge is 2.25. The molecule has 5 nitrogen and oxygen atoms in total. The van der Waals surface area contributed by atoms with E-state index in [-0.39, 0.29) is 36.6 Å². The lowest BCUT2D eigenvalue weighted by Crippen LogP contribution is -2.40. The molecule has 0 bridgehead atoms. The number of guanidine groups is 1. The van der Waals surface area contributed by atoms with Crippen LogP contribution in [0, 0.1) is 11.7 Å². The van der Waals surface area contributed by atoms with Crippen LogP contribution < -0.4 is 10.1 Å². The van der Waals surface area contributed by atoms with Crippen LogP contribution >= 0.6 is 24.0 Å². The maximum absolute atomic E-state index is 14.0. The second-order valence-corrected chi connectivity index (χ2v) is 7.94. The smallest absolute Gasteiger partial charge is 0.193 e. The Balaban J connectivity index is 0.00000272. The van der Waals surface area contributed by atoms with E-state index in [0.29, 0.717) is 25.5 Å². The summed E-state index contributed by atoms with van der Waals surface area (Å²) in [6.45, 7) is 6.13. The van der Waals surface area contributed by atoms with Crippen LogP contribution in [0.2, 0.25) is 0 Å². The molecule has 7 heteroatoms. The minimum Gasteiger partial charge on any atom is -0.467 e. The van der Waals surface area contributed by atoms with Crippen molar-refractivity contribution in [3.05, 3.63) is 65.0 Å². The van der Waals surface area contributed by atoms with E-state index >= 15 is 0 Å². The van der Waals surface area contributed by atoms with E-state index in [1.54, 1.807) is 6.07 Å². The van der Waals surface area contributed by atoms with Crippen molar-refractivity contribution in [3.63, 3.8) is 0 Å². The Morgan fingerprint density at radius 2 is 2.10 bits per heavy atom. The molecule has 0 radical (unpaired) electrons. The lowest BCUT2D eigenvalue weighted by atomic mass is 9.99. The third kappa shape index (κ3) is 6.32. The zero-order valence-electron chi connectivity index (χ0n) is 18.0. The van der Waals surface area contributed by atoms with Gasteiger partial charge in [-0.25, -0.2) is 4.39 Å². The molecule has 0 aromatic heterocycles. The molecule has 0 saturated carbocycles. The molecule has 31 heavy (non-hydrogen) atoms. The second kappa shape index (κ2) is 11.7. The Bertz CT molecular complexity index is 879. The van der Waals surface area contributed by atoms with E-state index in [1.165, 1.54) is 18.1 Å². The topological polar surface area (TPSA) is 46.1 Å². The van der Waals surface area contributed by atoms with Crippen LogP contribution in [0.4, 0.5) is 4.39 Å². The van der Waals surface area contributed by atoms with Gasteiger partial charge in [-0.1, -0.05) is 30.3 Å². The maximum atomic E-state index is 14.0. The maximum Gasteiger partial charge on any atom is 0.193 e. The molecule has 0 spiro atoms. The Kier molecular flexibility index (Phi) is 8.95. The van der Waals surface area contributed by atoms with E-state index in [9.17, 15) is 4.39 Å². The van der Waals surface area contributed by atoms with Gasteiger partial charge in [0.1, 0.15) is 11.6 Å². The highest BCUT2D eigenvalue weighted by Crippen LogP contribution is 2.30. The first-order chi connectivity index (χ1) is 14.7. The predicted octanol–water partition coefficient (Wildman–Crippen LogP) is 4.38. The summed E-state index contributed by atoms with van der Waals surface area (Å²) in [5.41, 5.74) is 3.03. The third-order valence-electron chi connectivity index (χ3n) is 5.68. The van der Waals surface area contributed by atoms with Gasteiger partial charge in [-0.2, -0.15) is 0 Å². The molecule has 0 aliphatic carbocycles. The SMILES string of the molecule is CCNC(=NCCc1cc(F)cc2c1OCOC2)N1CCC(Cc2ccccc2)C1.I. The lowest BCUT2D eigenvalue weighted by molar-refractivity contribution is -0.0172. The minimum absolute atomic E-state index is 0. The van der Waals surface area contributed by atoms with Gasteiger partial charge >= 0.3 is 0 Å².